The number of carbonyl (C=O) groups is 1. The molecule has 0 radical (unpaired) electrons. The first-order valence-corrected chi connectivity index (χ1v) is 12.9. The van der Waals surface area contributed by atoms with E-state index in [-0.39, 0.29) is 22.4 Å². The zero-order valence-electron chi connectivity index (χ0n) is 21.2. The molecule has 1 aliphatic carbocycles. The predicted molar refractivity (Wildman–Crippen MR) is 141 cm³/mol. The number of nitrogens with one attached hydrogen (secondary N) is 1. The van der Waals surface area contributed by atoms with Crippen molar-refractivity contribution in [2.24, 2.45) is 11.8 Å². The van der Waals surface area contributed by atoms with Gasteiger partial charge in [0.25, 0.3) is 5.69 Å². The summed E-state index contributed by atoms with van der Waals surface area (Å²) in [4.78, 5) is 28.3. The molecule has 2 aromatic carbocycles. The van der Waals surface area contributed by atoms with Gasteiger partial charge in [0, 0.05) is 61.6 Å². The van der Waals surface area contributed by atoms with Crippen LogP contribution in [0, 0.1) is 35.8 Å². The summed E-state index contributed by atoms with van der Waals surface area (Å²) in [6, 6.07) is 14.2. The van der Waals surface area contributed by atoms with E-state index in [4.69, 9.17) is 0 Å². The van der Waals surface area contributed by atoms with Gasteiger partial charge in [-0.05, 0) is 82.6 Å². The zero-order valence-corrected chi connectivity index (χ0v) is 21.2. The van der Waals surface area contributed by atoms with Crippen molar-refractivity contribution >= 4 is 23.0 Å². The fraction of sp³-hybridized carbons (Fsp3) is 0.536. The number of anilines is 2. The molecule has 0 atom stereocenters. The van der Waals surface area contributed by atoms with Gasteiger partial charge in [-0.3, -0.25) is 14.9 Å². The van der Waals surface area contributed by atoms with Gasteiger partial charge in [-0.25, -0.2) is 0 Å². The zero-order chi connectivity index (χ0) is 24.9. The third-order valence-electron chi connectivity index (χ3n) is 7.76. The summed E-state index contributed by atoms with van der Waals surface area (Å²) in [5.41, 5.74) is 4.31. The molecular formula is C28H38N4O3. The number of rotatable bonds is 7. The van der Waals surface area contributed by atoms with E-state index in [9.17, 15) is 14.9 Å². The number of hydrogen-bond acceptors (Lipinski definition) is 5. The summed E-state index contributed by atoms with van der Waals surface area (Å²) in [6.45, 7) is 6.83. The van der Waals surface area contributed by atoms with Gasteiger partial charge in [-0.1, -0.05) is 17.7 Å². The maximum absolute atomic E-state index is 13.1. The van der Waals surface area contributed by atoms with E-state index in [2.05, 4.69) is 41.4 Å². The van der Waals surface area contributed by atoms with Gasteiger partial charge < -0.3 is 15.1 Å². The fourth-order valence-electron chi connectivity index (χ4n) is 5.59. The molecule has 1 aliphatic heterocycles. The van der Waals surface area contributed by atoms with Crippen molar-refractivity contribution < 1.29 is 9.72 Å². The van der Waals surface area contributed by atoms with Gasteiger partial charge in [0.05, 0.1) is 4.92 Å². The summed E-state index contributed by atoms with van der Waals surface area (Å²) in [6.07, 6.45) is 5.90. The Hall–Kier alpha value is -3.09. The number of benzene rings is 2. The number of hydrogen-bond donors (Lipinski definition) is 1. The molecule has 1 amide bonds. The van der Waals surface area contributed by atoms with E-state index in [0.717, 1.165) is 63.8 Å². The lowest BCUT2D eigenvalue weighted by atomic mass is 9.84. The van der Waals surface area contributed by atoms with Crippen LogP contribution in [0.15, 0.2) is 42.5 Å². The van der Waals surface area contributed by atoms with Crippen LogP contribution in [0.5, 0.6) is 0 Å². The third-order valence-corrected chi connectivity index (χ3v) is 7.76. The molecule has 0 unspecified atom stereocenters. The lowest BCUT2D eigenvalue weighted by Crippen LogP contribution is -2.42. The molecule has 7 nitrogen and oxygen atoms in total. The van der Waals surface area contributed by atoms with Gasteiger partial charge in [0.15, 0.2) is 0 Å². The lowest BCUT2D eigenvalue weighted by Gasteiger charge is -2.36. The molecule has 0 bridgehead atoms. The number of nitro benzene ring substituents is 1. The molecule has 0 aromatic heterocycles. The molecule has 1 heterocycles. The quantitative estimate of drug-likeness (QED) is 0.416. The standard InChI is InChI=1S/C28H38N4O3/c1-20-4-11-26(12-5-20)31-16-14-22(15-17-31)19-30(3)28(33)23-6-8-24(9-7-23)29-25-10-13-27(32(34)35)21(2)18-25/h4-5,10-13,18,22-24,29H,6-9,14-17,19H2,1-3H3. The van der Waals surface area contributed by atoms with E-state index in [1.807, 2.05) is 18.0 Å². The normalized spacial score (nSPS) is 20.9. The Bertz CT molecular complexity index is 1020. The summed E-state index contributed by atoms with van der Waals surface area (Å²) < 4.78 is 0. The van der Waals surface area contributed by atoms with Crippen LogP contribution in [0.1, 0.15) is 49.7 Å². The van der Waals surface area contributed by atoms with E-state index in [0.29, 0.717) is 17.5 Å². The first-order valence-electron chi connectivity index (χ1n) is 12.9. The highest BCUT2D eigenvalue weighted by molar-refractivity contribution is 5.78. The van der Waals surface area contributed by atoms with Crippen molar-refractivity contribution in [3.8, 4) is 0 Å². The molecule has 1 saturated carbocycles. The van der Waals surface area contributed by atoms with Gasteiger partial charge >= 0.3 is 0 Å². The summed E-state index contributed by atoms with van der Waals surface area (Å²) in [5.74, 6) is 0.953. The average molecular weight is 479 g/mol. The monoisotopic (exact) mass is 478 g/mol. The van der Waals surface area contributed by atoms with Gasteiger partial charge in [0.2, 0.25) is 5.91 Å². The number of nitrogens with zero attached hydrogens (tertiary/aromatic N) is 3. The van der Waals surface area contributed by atoms with E-state index in [1.165, 1.54) is 11.3 Å². The Balaban J connectivity index is 1.20. The Labute approximate surface area is 208 Å². The molecule has 35 heavy (non-hydrogen) atoms. The van der Waals surface area contributed by atoms with Crippen molar-refractivity contribution in [3.05, 3.63) is 63.7 Å². The molecular weight excluding hydrogens is 440 g/mol. The van der Waals surface area contributed by atoms with E-state index >= 15 is 0 Å². The van der Waals surface area contributed by atoms with Crippen molar-refractivity contribution in [2.75, 3.05) is 36.9 Å². The summed E-state index contributed by atoms with van der Waals surface area (Å²) in [7, 11) is 1.97. The van der Waals surface area contributed by atoms with Crippen LogP contribution in [-0.2, 0) is 4.79 Å². The topological polar surface area (TPSA) is 78.7 Å². The molecule has 1 N–H and O–H groups in total. The van der Waals surface area contributed by atoms with Crippen LogP contribution in [-0.4, -0.2) is 48.5 Å². The Morgan fingerprint density at radius 1 is 1.03 bits per heavy atom. The number of carbonyl (C=O) groups excluding carboxylic acids is 1. The second kappa shape index (κ2) is 11.1. The maximum Gasteiger partial charge on any atom is 0.272 e. The highest BCUT2D eigenvalue weighted by Gasteiger charge is 2.30. The first kappa shape index (κ1) is 25.0. The Morgan fingerprint density at radius 2 is 1.69 bits per heavy atom. The van der Waals surface area contributed by atoms with Crippen LogP contribution in [0.4, 0.5) is 17.1 Å². The van der Waals surface area contributed by atoms with E-state index < -0.39 is 0 Å². The first-order chi connectivity index (χ1) is 16.8. The largest absolute Gasteiger partial charge is 0.382 e. The van der Waals surface area contributed by atoms with Crippen molar-refractivity contribution in [3.63, 3.8) is 0 Å². The summed E-state index contributed by atoms with van der Waals surface area (Å²) >= 11 is 0. The lowest BCUT2D eigenvalue weighted by molar-refractivity contribution is -0.385. The molecule has 7 heteroatoms. The minimum atomic E-state index is -0.347. The molecule has 1 saturated heterocycles. The van der Waals surface area contributed by atoms with Crippen LogP contribution >= 0.6 is 0 Å². The smallest absolute Gasteiger partial charge is 0.272 e. The van der Waals surface area contributed by atoms with Crippen LogP contribution in [0.2, 0.25) is 0 Å². The Morgan fingerprint density at radius 3 is 2.29 bits per heavy atom. The van der Waals surface area contributed by atoms with Crippen molar-refractivity contribution in [1.82, 2.24) is 4.90 Å². The summed E-state index contributed by atoms with van der Waals surface area (Å²) in [5, 5.41) is 14.5. The third kappa shape index (κ3) is 6.32. The minimum Gasteiger partial charge on any atom is -0.382 e. The molecule has 2 aliphatic rings. The number of aryl methyl sites for hydroxylation is 2. The minimum absolute atomic E-state index is 0.101. The molecule has 4 rings (SSSR count). The second-order valence-electron chi connectivity index (χ2n) is 10.4. The average Bonchev–Trinajstić information content (AvgIpc) is 2.85. The number of amides is 1. The van der Waals surface area contributed by atoms with Gasteiger partial charge in [-0.15, -0.1) is 0 Å². The highest BCUT2D eigenvalue weighted by atomic mass is 16.6. The van der Waals surface area contributed by atoms with Crippen molar-refractivity contribution in [1.29, 1.82) is 0 Å². The molecule has 188 valence electrons. The predicted octanol–water partition coefficient (Wildman–Crippen LogP) is 5.56. The van der Waals surface area contributed by atoms with Crippen LogP contribution in [0.3, 0.4) is 0 Å². The molecule has 2 aromatic rings. The SMILES string of the molecule is Cc1ccc(N2CCC(CN(C)C(=O)C3CCC(Nc4ccc([N+](=O)[O-])c(C)c4)CC3)CC2)cc1. The van der Waals surface area contributed by atoms with E-state index in [1.54, 1.807) is 19.1 Å². The van der Waals surface area contributed by atoms with Gasteiger partial charge in [0.1, 0.15) is 0 Å². The van der Waals surface area contributed by atoms with Gasteiger partial charge in [-0.2, -0.15) is 0 Å². The number of nitro groups is 1. The highest BCUT2D eigenvalue weighted by Crippen LogP contribution is 2.30. The maximum atomic E-state index is 13.1. The van der Waals surface area contributed by atoms with Crippen molar-refractivity contribution in [2.45, 2.75) is 58.4 Å². The molecule has 2 fully saturated rings. The van der Waals surface area contributed by atoms with Crippen LogP contribution in [0.25, 0.3) is 0 Å². The molecule has 0 spiro atoms. The Kier molecular flexibility index (Phi) is 7.93. The number of piperidine rings is 1. The fourth-order valence-corrected chi connectivity index (χ4v) is 5.59. The van der Waals surface area contributed by atoms with Crippen LogP contribution < -0.4 is 10.2 Å². The second-order valence-corrected chi connectivity index (χ2v) is 10.4.